The van der Waals surface area contributed by atoms with Crippen molar-refractivity contribution in [2.75, 3.05) is 19.6 Å². The fourth-order valence-electron chi connectivity index (χ4n) is 3.28. The van der Waals surface area contributed by atoms with Gasteiger partial charge in [-0.2, -0.15) is 5.10 Å². The monoisotopic (exact) mass is 320 g/mol. The predicted molar refractivity (Wildman–Crippen MR) is 92.9 cm³/mol. The lowest BCUT2D eigenvalue weighted by Gasteiger charge is -2.37. The molecule has 0 radical (unpaired) electrons. The number of nitrogens with zero attached hydrogens (tertiary/aromatic N) is 4. The maximum absolute atomic E-state index is 13.0. The van der Waals surface area contributed by atoms with Crippen molar-refractivity contribution in [3.8, 4) is 0 Å². The van der Waals surface area contributed by atoms with E-state index in [9.17, 15) is 4.79 Å². The Labute approximate surface area is 140 Å². The number of carbonyl (C=O) groups is 1. The first-order chi connectivity index (χ1) is 10.9. The summed E-state index contributed by atoms with van der Waals surface area (Å²) >= 11 is 0. The number of piperidine rings is 1. The molecule has 2 heterocycles. The van der Waals surface area contributed by atoms with E-state index in [-0.39, 0.29) is 11.9 Å². The highest BCUT2D eigenvalue weighted by molar-refractivity contribution is 5.81. The second-order valence-electron chi connectivity index (χ2n) is 7.53. The molecule has 0 bridgehead atoms. The van der Waals surface area contributed by atoms with Crippen LogP contribution in [0, 0.1) is 11.8 Å². The Bertz CT molecular complexity index is 503. The lowest BCUT2D eigenvalue weighted by Crippen LogP contribution is -2.50. The van der Waals surface area contributed by atoms with Gasteiger partial charge in [0.15, 0.2) is 0 Å². The molecule has 0 aliphatic carbocycles. The van der Waals surface area contributed by atoms with Gasteiger partial charge in [0.2, 0.25) is 5.91 Å². The molecule has 0 N–H and O–H groups in total. The molecule has 0 saturated carbocycles. The van der Waals surface area contributed by atoms with Gasteiger partial charge in [0.25, 0.3) is 0 Å². The van der Waals surface area contributed by atoms with Crippen LogP contribution in [0.2, 0.25) is 0 Å². The molecule has 2 rings (SSSR count). The van der Waals surface area contributed by atoms with Gasteiger partial charge in [-0.15, -0.1) is 0 Å². The molecule has 0 spiro atoms. The summed E-state index contributed by atoms with van der Waals surface area (Å²) < 4.78 is 1.79. The summed E-state index contributed by atoms with van der Waals surface area (Å²) in [7, 11) is 1.91. The molecule has 0 aromatic carbocycles. The molecule has 130 valence electrons. The van der Waals surface area contributed by atoms with Crippen molar-refractivity contribution in [1.29, 1.82) is 0 Å². The zero-order valence-electron chi connectivity index (χ0n) is 15.3. The average molecular weight is 320 g/mol. The summed E-state index contributed by atoms with van der Waals surface area (Å²) in [4.78, 5) is 17.4. The first kappa shape index (κ1) is 18.0. The van der Waals surface area contributed by atoms with Gasteiger partial charge < -0.3 is 4.90 Å². The second-order valence-corrected chi connectivity index (χ2v) is 7.53. The fourth-order valence-corrected chi connectivity index (χ4v) is 3.28. The van der Waals surface area contributed by atoms with Crippen LogP contribution in [-0.4, -0.2) is 51.2 Å². The van der Waals surface area contributed by atoms with E-state index >= 15 is 0 Å². The van der Waals surface area contributed by atoms with Crippen LogP contribution in [0.15, 0.2) is 12.4 Å². The minimum atomic E-state index is -0.0297. The van der Waals surface area contributed by atoms with Crippen molar-refractivity contribution in [3.63, 3.8) is 0 Å². The van der Waals surface area contributed by atoms with Crippen molar-refractivity contribution < 1.29 is 4.79 Å². The number of rotatable bonds is 6. The third kappa shape index (κ3) is 5.06. The zero-order valence-corrected chi connectivity index (χ0v) is 15.3. The number of hydrogen-bond acceptors (Lipinski definition) is 3. The molecular formula is C18H32N4O. The largest absolute Gasteiger partial charge is 0.337 e. The van der Waals surface area contributed by atoms with Crippen molar-refractivity contribution in [2.45, 2.75) is 53.1 Å². The quantitative estimate of drug-likeness (QED) is 0.809. The van der Waals surface area contributed by atoms with Crippen LogP contribution in [0.3, 0.4) is 0 Å². The van der Waals surface area contributed by atoms with Crippen LogP contribution in [0.5, 0.6) is 0 Å². The maximum atomic E-state index is 13.0. The van der Waals surface area contributed by atoms with E-state index in [0.29, 0.717) is 12.5 Å². The topological polar surface area (TPSA) is 41.4 Å². The Kier molecular flexibility index (Phi) is 6.22. The summed E-state index contributed by atoms with van der Waals surface area (Å²) in [6.07, 6.45) is 6.25. The molecule has 5 nitrogen and oxygen atoms in total. The number of aromatic nitrogens is 2. The fraction of sp³-hybridized carbons (Fsp3) is 0.778. The summed E-state index contributed by atoms with van der Waals surface area (Å²) in [6.45, 7) is 12.2. The molecule has 1 aliphatic rings. The molecule has 1 amide bonds. The lowest BCUT2D eigenvalue weighted by molar-refractivity contribution is -0.138. The van der Waals surface area contributed by atoms with Gasteiger partial charge in [0.1, 0.15) is 0 Å². The number of carbonyl (C=O) groups excluding carboxylic acids is 1. The highest BCUT2D eigenvalue weighted by atomic mass is 16.2. The van der Waals surface area contributed by atoms with Gasteiger partial charge in [0, 0.05) is 31.9 Å². The second kappa shape index (κ2) is 7.95. The number of hydrogen-bond donors (Lipinski definition) is 0. The van der Waals surface area contributed by atoms with E-state index in [1.54, 1.807) is 4.68 Å². The molecule has 1 saturated heterocycles. The molecule has 23 heavy (non-hydrogen) atoms. The summed E-state index contributed by atoms with van der Waals surface area (Å²) in [5.41, 5.74) is 1.10. The van der Waals surface area contributed by atoms with Gasteiger partial charge >= 0.3 is 0 Å². The Morgan fingerprint density at radius 3 is 2.52 bits per heavy atom. The highest BCUT2D eigenvalue weighted by Gasteiger charge is 2.28. The van der Waals surface area contributed by atoms with E-state index in [0.717, 1.165) is 31.1 Å². The maximum Gasteiger partial charge on any atom is 0.239 e. The van der Waals surface area contributed by atoms with Crippen molar-refractivity contribution in [2.24, 2.45) is 18.9 Å². The van der Waals surface area contributed by atoms with Gasteiger partial charge in [0.05, 0.1) is 12.2 Å². The number of likely N-dealkylation sites (tertiary alicyclic amines) is 1. The van der Waals surface area contributed by atoms with Gasteiger partial charge in [-0.1, -0.05) is 20.8 Å². The van der Waals surface area contributed by atoms with Crippen LogP contribution in [0.4, 0.5) is 0 Å². The van der Waals surface area contributed by atoms with Crippen LogP contribution < -0.4 is 0 Å². The van der Waals surface area contributed by atoms with E-state index in [2.05, 4.69) is 37.7 Å². The molecule has 1 aromatic heterocycles. The summed E-state index contributed by atoms with van der Waals surface area (Å²) in [6, 6.07) is -0.0297. The van der Waals surface area contributed by atoms with E-state index < -0.39 is 0 Å². The van der Waals surface area contributed by atoms with Crippen LogP contribution in [0.1, 0.15) is 46.1 Å². The van der Waals surface area contributed by atoms with Gasteiger partial charge in [-0.3, -0.25) is 14.4 Å². The molecule has 1 atom stereocenters. The average Bonchev–Trinajstić information content (AvgIpc) is 2.90. The summed E-state index contributed by atoms with van der Waals surface area (Å²) in [5, 5.41) is 4.22. The SMILES string of the molecule is CC(C)CN(Cc1cnn(C)c1)C(=O)[C@@H](C)N1CCC(C)CC1. The normalized spacial score (nSPS) is 18.3. The van der Waals surface area contributed by atoms with E-state index in [1.165, 1.54) is 12.8 Å². The third-order valence-corrected chi connectivity index (χ3v) is 4.75. The molecule has 0 unspecified atom stereocenters. The Hall–Kier alpha value is -1.36. The smallest absolute Gasteiger partial charge is 0.239 e. The van der Waals surface area contributed by atoms with Crippen molar-refractivity contribution in [3.05, 3.63) is 18.0 Å². The Morgan fingerprint density at radius 1 is 1.35 bits per heavy atom. The van der Waals surface area contributed by atoms with Gasteiger partial charge in [-0.05, 0) is 44.7 Å². The van der Waals surface area contributed by atoms with Crippen LogP contribution >= 0.6 is 0 Å². The Balaban J connectivity index is 2.03. The first-order valence-electron chi connectivity index (χ1n) is 8.87. The molecule has 1 fully saturated rings. The number of amides is 1. The number of aryl methyl sites for hydroxylation is 1. The molecule has 1 aromatic rings. The molecular weight excluding hydrogens is 288 g/mol. The molecule has 1 aliphatic heterocycles. The van der Waals surface area contributed by atoms with Crippen LogP contribution in [-0.2, 0) is 18.4 Å². The van der Waals surface area contributed by atoms with Crippen LogP contribution in [0.25, 0.3) is 0 Å². The standard InChI is InChI=1S/C18H32N4O/c1-14(2)11-22(13-17-10-19-20(5)12-17)18(23)16(4)21-8-6-15(3)7-9-21/h10,12,14-16H,6-9,11,13H2,1-5H3/t16-/m1/s1. The highest BCUT2D eigenvalue weighted by Crippen LogP contribution is 2.19. The molecule has 5 heteroatoms. The summed E-state index contributed by atoms with van der Waals surface area (Å²) in [5.74, 6) is 1.50. The van der Waals surface area contributed by atoms with E-state index in [1.807, 2.05) is 24.3 Å². The minimum Gasteiger partial charge on any atom is -0.337 e. The van der Waals surface area contributed by atoms with Crippen molar-refractivity contribution in [1.82, 2.24) is 19.6 Å². The van der Waals surface area contributed by atoms with E-state index in [4.69, 9.17) is 0 Å². The predicted octanol–water partition coefficient (Wildman–Crippen LogP) is 2.53. The lowest BCUT2D eigenvalue weighted by atomic mass is 9.98. The first-order valence-corrected chi connectivity index (χ1v) is 8.87. The minimum absolute atomic E-state index is 0.0297. The zero-order chi connectivity index (χ0) is 17.0. The van der Waals surface area contributed by atoms with Gasteiger partial charge in [-0.25, -0.2) is 0 Å². The third-order valence-electron chi connectivity index (χ3n) is 4.75. The Morgan fingerprint density at radius 2 is 2.00 bits per heavy atom. The van der Waals surface area contributed by atoms with Crippen molar-refractivity contribution >= 4 is 5.91 Å².